The van der Waals surface area contributed by atoms with Gasteiger partial charge in [0.1, 0.15) is 5.75 Å². The van der Waals surface area contributed by atoms with Crippen LogP contribution in [-0.4, -0.2) is 40.2 Å². The zero-order valence-corrected chi connectivity index (χ0v) is 13.9. The van der Waals surface area contributed by atoms with Crippen LogP contribution in [-0.2, 0) is 4.79 Å². The molecule has 120 valence electrons. The van der Waals surface area contributed by atoms with Crippen molar-refractivity contribution in [1.82, 2.24) is 4.90 Å². The third-order valence-electron chi connectivity index (χ3n) is 3.12. The number of nitriles is 1. The first kappa shape index (κ1) is 18.0. The van der Waals surface area contributed by atoms with E-state index >= 15 is 0 Å². The van der Waals surface area contributed by atoms with Crippen molar-refractivity contribution in [2.45, 2.75) is 45.8 Å². The Morgan fingerprint density at radius 2 is 1.82 bits per heavy atom. The van der Waals surface area contributed by atoms with E-state index in [1.54, 1.807) is 56.9 Å². The van der Waals surface area contributed by atoms with Gasteiger partial charge in [-0.2, -0.15) is 5.26 Å². The van der Waals surface area contributed by atoms with Crippen LogP contribution in [0, 0.1) is 11.3 Å². The highest BCUT2D eigenvalue weighted by Crippen LogP contribution is 2.21. The number of benzene rings is 1. The van der Waals surface area contributed by atoms with Crippen LogP contribution < -0.4 is 4.74 Å². The molecule has 0 atom stereocenters. The summed E-state index contributed by atoms with van der Waals surface area (Å²) in [4.78, 5) is 14.2. The summed E-state index contributed by atoms with van der Waals surface area (Å²) in [7, 11) is 0. The van der Waals surface area contributed by atoms with Crippen molar-refractivity contribution >= 4 is 5.91 Å². The van der Waals surface area contributed by atoms with E-state index < -0.39 is 11.2 Å². The fraction of sp³-hybridized carbons (Fsp3) is 0.529. The van der Waals surface area contributed by atoms with Crippen LogP contribution in [0.3, 0.4) is 0 Å². The molecule has 22 heavy (non-hydrogen) atoms. The van der Waals surface area contributed by atoms with Gasteiger partial charge in [0.2, 0.25) is 0 Å². The number of hydrogen-bond acceptors (Lipinski definition) is 4. The average molecular weight is 304 g/mol. The number of aliphatic hydroxyl groups is 1. The van der Waals surface area contributed by atoms with E-state index in [9.17, 15) is 9.90 Å². The molecule has 0 radical (unpaired) electrons. The lowest BCUT2D eigenvalue weighted by atomic mass is 10.0. The van der Waals surface area contributed by atoms with Gasteiger partial charge in [-0.1, -0.05) is 0 Å². The third kappa shape index (κ3) is 5.05. The van der Waals surface area contributed by atoms with Gasteiger partial charge in [0, 0.05) is 13.1 Å². The molecular weight excluding hydrogens is 280 g/mol. The van der Waals surface area contributed by atoms with Crippen LogP contribution in [0.2, 0.25) is 0 Å². The molecule has 5 heteroatoms. The monoisotopic (exact) mass is 304 g/mol. The van der Waals surface area contributed by atoms with Crippen molar-refractivity contribution in [2.75, 3.05) is 13.1 Å². The molecule has 0 fully saturated rings. The first-order chi connectivity index (χ1) is 10.1. The maximum absolute atomic E-state index is 12.6. The molecule has 1 rings (SSSR count). The zero-order valence-electron chi connectivity index (χ0n) is 13.9. The van der Waals surface area contributed by atoms with Crippen LogP contribution in [0.1, 0.15) is 40.2 Å². The summed E-state index contributed by atoms with van der Waals surface area (Å²) in [6.45, 7) is 9.31. The minimum Gasteiger partial charge on any atom is -0.478 e. The van der Waals surface area contributed by atoms with E-state index in [0.29, 0.717) is 17.9 Å². The fourth-order valence-electron chi connectivity index (χ4n) is 2.11. The number of carbonyl (C=O) groups excluding carboxylic acids is 1. The molecule has 1 amide bonds. The Hall–Kier alpha value is -2.06. The van der Waals surface area contributed by atoms with Gasteiger partial charge in [-0.15, -0.1) is 0 Å². The van der Waals surface area contributed by atoms with Gasteiger partial charge in [-0.05, 0) is 58.9 Å². The number of carbonyl (C=O) groups is 1. The topological polar surface area (TPSA) is 73.6 Å². The molecule has 0 unspecified atom stereocenters. The second-order valence-corrected chi connectivity index (χ2v) is 6.38. The summed E-state index contributed by atoms with van der Waals surface area (Å²) in [5, 5.41) is 18.7. The lowest BCUT2D eigenvalue weighted by molar-refractivity contribution is -0.148. The van der Waals surface area contributed by atoms with Gasteiger partial charge in [0.05, 0.1) is 17.2 Å². The van der Waals surface area contributed by atoms with Gasteiger partial charge in [0.15, 0.2) is 5.60 Å². The minimum absolute atomic E-state index is 0.193. The summed E-state index contributed by atoms with van der Waals surface area (Å²) < 4.78 is 5.78. The molecule has 0 bridgehead atoms. The molecule has 5 nitrogen and oxygen atoms in total. The third-order valence-corrected chi connectivity index (χ3v) is 3.12. The summed E-state index contributed by atoms with van der Waals surface area (Å²) in [6.07, 6.45) is 0. The highest BCUT2D eigenvalue weighted by molar-refractivity contribution is 5.84. The molecule has 1 aromatic carbocycles. The van der Waals surface area contributed by atoms with Crippen molar-refractivity contribution in [2.24, 2.45) is 0 Å². The quantitative estimate of drug-likeness (QED) is 0.875. The van der Waals surface area contributed by atoms with Crippen molar-refractivity contribution in [1.29, 1.82) is 5.26 Å². The van der Waals surface area contributed by atoms with Gasteiger partial charge in [-0.25, -0.2) is 0 Å². The van der Waals surface area contributed by atoms with Crippen LogP contribution >= 0.6 is 0 Å². The number of hydrogen-bond donors (Lipinski definition) is 1. The lowest BCUT2D eigenvalue weighted by Crippen LogP contribution is -2.52. The number of amides is 1. The van der Waals surface area contributed by atoms with E-state index in [1.165, 1.54) is 0 Å². The largest absolute Gasteiger partial charge is 0.478 e. The molecule has 1 N–H and O–H groups in total. The molecule has 0 aliphatic rings. The molecule has 0 heterocycles. The number of rotatable bonds is 6. The van der Waals surface area contributed by atoms with Gasteiger partial charge < -0.3 is 14.7 Å². The molecule has 1 aromatic rings. The fourth-order valence-corrected chi connectivity index (χ4v) is 2.11. The lowest BCUT2D eigenvalue weighted by Gasteiger charge is -2.34. The summed E-state index contributed by atoms with van der Waals surface area (Å²) in [5.41, 5.74) is -1.49. The summed E-state index contributed by atoms with van der Waals surface area (Å²) >= 11 is 0. The highest BCUT2D eigenvalue weighted by Gasteiger charge is 2.35. The van der Waals surface area contributed by atoms with Crippen molar-refractivity contribution < 1.29 is 14.6 Å². The Balaban J connectivity index is 2.86. The minimum atomic E-state index is -1.06. The number of nitrogens with zero attached hydrogens (tertiary/aromatic N) is 2. The second-order valence-electron chi connectivity index (χ2n) is 6.38. The smallest absolute Gasteiger partial charge is 0.266 e. The van der Waals surface area contributed by atoms with E-state index in [0.717, 1.165) is 0 Å². The van der Waals surface area contributed by atoms with Crippen LogP contribution in [0.5, 0.6) is 5.75 Å². The van der Waals surface area contributed by atoms with Crippen LogP contribution in [0.4, 0.5) is 0 Å². The predicted molar refractivity (Wildman–Crippen MR) is 84.4 cm³/mol. The van der Waals surface area contributed by atoms with E-state index in [2.05, 4.69) is 0 Å². The standard InChI is InChI=1S/C17H24N2O3/c1-6-19(12-16(2,3)21)15(20)17(4,5)22-14-9-7-13(11-18)8-10-14/h7-10,21H,6,12H2,1-5H3. The molecular formula is C17H24N2O3. The molecule has 0 aliphatic heterocycles. The Morgan fingerprint density at radius 1 is 1.27 bits per heavy atom. The first-order valence-corrected chi connectivity index (χ1v) is 7.30. The SMILES string of the molecule is CCN(CC(C)(C)O)C(=O)C(C)(C)Oc1ccc(C#N)cc1. The summed E-state index contributed by atoms with van der Waals surface area (Å²) in [5.74, 6) is 0.332. The molecule has 0 aromatic heterocycles. The van der Waals surface area contributed by atoms with E-state index in [-0.39, 0.29) is 12.5 Å². The second kappa shape index (κ2) is 6.80. The first-order valence-electron chi connectivity index (χ1n) is 7.30. The van der Waals surface area contributed by atoms with Gasteiger partial charge in [0.25, 0.3) is 5.91 Å². The van der Waals surface area contributed by atoms with Crippen molar-refractivity contribution in [3.8, 4) is 11.8 Å². The van der Waals surface area contributed by atoms with Crippen LogP contribution in [0.25, 0.3) is 0 Å². The van der Waals surface area contributed by atoms with E-state index in [4.69, 9.17) is 10.00 Å². The highest BCUT2D eigenvalue weighted by atomic mass is 16.5. The average Bonchev–Trinajstić information content (AvgIpc) is 2.43. The van der Waals surface area contributed by atoms with Gasteiger partial charge in [-0.3, -0.25) is 4.79 Å². The Morgan fingerprint density at radius 3 is 2.23 bits per heavy atom. The maximum Gasteiger partial charge on any atom is 0.266 e. The number of ether oxygens (including phenoxy) is 1. The summed E-state index contributed by atoms with van der Waals surface area (Å²) in [6, 6.07) is 8.65. The maximum atomic E-state index is 12.6. The normalized spacial score (nSPS) is 11.7. The molecule has 0 aliphatic carbocycles. The predicted octanol–water partition coefficient (Wildman–Crippen LogP) is 2.34. The Kier molecular flexibility index (Phi) is 5.56. The van der Waals surface area contributed by atoms with Gasteiger partial charge >= 0.3 is 0 Å². The Bertz CT molecular complexity index is 551. The molecule has 0 saturated carbocycles. The molecule has 0 saturated heterocycles. The molecule has 0 spiro atoms. The van der Waals surface area contributed by atoms with Crippen LogP contribution in [0.15, 0.2) is 24.3 Å². The Labute approximate surface area is 132 Å². The number of likely N-dealkylation sites (N-methyl/N-ethyl adjacent to an activating group) is 1. The van der Waals surface area contributed by atoms with Crippen molar-refractivity contribution in [3.05, 3.63) is 29.8 Å². The zero-order chi connectivity index (χ0) is 17.0. The van der Waals surface area contributed by atoms with Crippen molar-refractivity contribution in [3.63, 3.8) is 0 Å². The van der Waals surface area contributed by atoms with E-state index in [1.807, 2.05) is 13.0 Å².